The number of aromatic nitrogens is 2. The van der Waals surface area contributed by atoms with E-state index in [1.54, 1.807) is 26.1 Å². The average Bonchev–Trinajstić information content (AvgIpc) is 2.46. The predicted molar refractivity (Wildman–Crippen MR) is 75.8 cm³/mol. The Morgan fingerprint density at radius 2 is 1.80 bits per heavy atom. The summed E-state index contributed by atoms with van der Waals surface area (Å²) < 4.78 is 27.9. The lowest BCUT2D eigenvalue weighted by atomic mass is 10.0. The molecule has 2 aromatic rings. The van der Waals surface area contributed by atoms with Crippen LogP contribution >= 0.6 is 0 Å². The van der Waals surface area contributed by atoms with Crippen LogP contribution in [0, 0.1) is 25.5 Å². The maximum Gasteiger partial charge on any atom is 0.168 e. The summed E-state index contributed by atoms with van der Waals surface area (Å²) in [4.78, 5) is 8.67. The van der Waals surface area contributed by atoms with Gasteiger partial charge in [0, 0.05) is 24.6 Å². The zero-order valence-electron chi connectivity index (χ0n) is 12.0. The molecule has 3 nitrogen and oxygen atoms in total. The fourth-order valence-electron chi connectivity index (χ4n) is 2.06. The molecule has 0 spiro atoms. The monoisotopic (exact) mass is 277 g/mol. The summed E-state index contributed by atoms with van der Waals surface area (Å²) in [6.07, 6.45) is 0.623. The number of halogens is 2. The number of nitrogens with one attached hydrogen (secondary N) is 1. The van der Waals surface area contributed by atoms with E-state index >= 15 is 0 Å². The van der Waals surface area contributed by atoms with Crippen molar-refractivity contribution in [3.8, 4) is 11.3 Å². The molecule has 0 aliphatic rings. The molecule has 0 radical (unpaired) electrons. The molecule has 106 valence electrons. The molecule has 0 atom stereocenters. The molecule has 1 aromatic heterocycles. The first kappa shape index (κ1) is 14.4. The lowest BCUT2D eigenvalue weighted by Crippen LogP contribution is -2.06. The van der Waals surface area contributed by atoms with Crippen molar-refractivity contribution < 1.29 is 8.78 Å². The molecular weight excluding hydrogens is 260 g/mol. The Morgan fingerprint density at radius 1 is 1.10 bits per heavy atom. The molecule has 20 heavy (non-hydrogen) atoms. The van der Waals surface area contributed by atoms with Crippen LogP contribution in [-0.2, 0) is 6.42 Å². The first-order chi connectivity index (χ1) is 9.49. The number of nitrogens with zero attached hydrogens (tertiary/aromatic N) is 2. The van der Waals surface area contributed by atoms with Crippen molar-refractivity contribution in [2.75, 3.05) is 12.4 Å². The number of aryl methyl sites for hydroxylation is 2. The maximum atomic E-state index is 14.1. The van der Waals surface area contributed by atoms with E-state index in [2.05, 4.69) is 15.3 Å². The standard InChI is InChI=1S/C15H17F2N3/c1-5-11-19-14(9(3)15(18-4)20-11)10-7-6-8(2)12(16)13(10)17/h6-7H,5H2,1-4H3,(H,18,19,20). The SMILES string of the molecule is CCc1nc(NC)c(C)c(-c2ccc(C)c(F)c2F)n1. The molecule has 0 saturated heterocycles. The predicted octanol–water partition coefficient (Wildman–Crippen LogP) is 3.64. The Kier molecular flexibility index (Phi) is 3.97. The minimum Gasteiger partial charge on any atom is -0.373 e. The molecular formula is C15H17F2N3. The third-order valence-electron chi connectivity index (χ3n) is 3.28. The van der Waals surface area contributed by atoms with Gasteiger partial charge in [-0.05, 0) is 25.5 Å². The topological polar surface area (TPSA) is 37.8 Å². The van der Waals surface area contributed by atoms with E-state index in [9.17, 15) is 8.78 Å². The summed E-state index contributed by atoms with van der Waals surface area (Å²) in [5, 5.41) is 2.96. The van der Waals surface area contributed by atoms with E-state index in [1.807, 2.05) is 6.92 Å². The van der Waals surface area contributed by atoms with E-state index in [1.165, 1.54) is 6.92 Å². The second kappa shape index (κ2) is 5.53. The molecule has 0 amide bonds. The highest BCUT2D eigenvalue weighted by Crippen LogP contribution is 2.30. The van der Waals surface area contributed by atoms with Crippen LogP contribution in [-0.4, -0.2) is 17.0 Å². The van der Waals surface area contributed by atoms with Crippen LogP contribution in [0.15, 0.2) is 12.1 Å². The van der Waals surface area contributed by atoms with Gasteiger partial charge in [0.1, 0.15) is 11.6 Å². The molecule has 0 saturated carbocycles. The summed E-state index contributed by atoms with van der Waals surface area (Å²) in [6, 6.07) is 3.11. The van der Waals surface area contributed by atoms with Gasteiger partial charge in [-0.3, -0.25) is 0 Å². The highest BCUT2D eigenvalue weighted by Gasteiger charge is 2.18. The van der Waals surface area contributed by atoms with Gasteiger partial charge < -0.3 is 5.32 Å². The number of rotatable bonds is 3. The van der Waals surface area contributed by atoms with Crippen LogP contribution in [0.3, 0.4) is 0 Å². The highest BCUT2D eigenvalue weighted by atomic mass is 19.2. The van der Waals surface area contributed by atoms with Gasteiger partial charge in [-0.2, -0.15) is 0 Å². The van der Waals surface area contributed by atoms with Crippen LogP contribution < -0.4 is 5.32 Å². The highest BCUT2D eigenvalue weighted by molar-refractivity contribution is 5.69. The number of hydrogen-bond donors (Lipinski definition) is 1. The summed E-state index contributed by atoms with van der Waals surface area (Å²) >= 11 is 0. The quantitative estimate of drug-likeness (QED) is 0.930. The molecule has 1 heterocycles. The van der Waals surface area contributed by atoms with Crippen LogP contribution in [0.4, 0.5) is 14.6 Å². The lowest BCUT2D eigenvalue weighted by molar-refractivity contribution is 0.505. The minimum absolute atomic E-state index is 0.166. The average molecular weight is 277 g/mol. The molecule has 0 aliphatic heterocycles. The van der Waals surface area contributed by atoms with Crippen LogP contribution in [0.1, 0.15) is 23.9 Å². The first-order valence-electron chi connectivity index (χ1n) is 6.49. The zero-order valence-corrected chi connectivity index (χ0v) is 12.0. The van der Waals surface area contributed by atoms with Crippen molar-refractivity contribution in [1.29, 1.82) is 0 Å². The third kappa shape index (κ3) is 2.35. The van der Waals surface area contributed by atoms with Gasteiger partial charge in [0.05, 0.1) is 5.69 Å². The summed E-state index contributed by atoms with van der Waals surface area (Å²) in [7, 11) is 1.74. The van der Waals surface area contributed by atoms with Crippen LogP contribution in [0.2, 0.25) is 0 Å². The number of anilines is 1. The molecule has 1 aromatic carbocycles. The molecule has 0 unspecified atom stereocenters. The van der Waals surface area contributed by atoms with Gasteiger partial charge in [-0.15, -0.1) is 0 Å². The van der Waals surface area contributed by atoms with Gasteiger partial charge >= 0.3 is 0 Å². The first-order valence-corrected chi connectivity index (χ1v) is 6.49. The van der Waals surface area contributed by atoms with Gasteiger partial charge in [0.2, 0.25) is 0 Å². The van der Waals surface area contributed by atoms with E-state index in [4.69, 9.17) is 0 Å². The van der Waals surface area contributed by atoms with Crippen molar-refractivity contribution in [2.24, 2.45) is 0 Å². The Balaban J connectivity index is 2.72. The maximum absolute atomic E-state index is 14.1. The molecule has 0 aliphatic carbocycles. The van der Waals surface area contributed by atoms with Crippen LogP contribution in [0.5, 0.6) is 0 Å². The normalized spacial score (nSPS) is 10.7. The van der Waals surface area contributed by atoms with Crippen molar-refractivity contribution in [1.82, 2.24) is 9.97 Å². The lowest BCUT2D eigenvalue weighted by Gasteiger charge is -2.13. The molecule has 0 fully saturated rings. The smallest absolute Gasteiger partial charge is 0.168 e. The third-order valence-corrected chi connectivity index (χ3v) is 3.28. The Hall–Kier alpha value is -2.04. The van der Waals surface area contributed by atoms with E-state index in [0.717, 1.165) is 0 Å². The summed E-state index contributed by atoms with van der Waals surface area (Å²) in [5.74, 6) is -0.469. The fourth-order valence-corrected chi connectivity index (χ4v) is 2.06. The number of hydrogen-bond acceptors (Lipinski definition) is 3. The molecule has 1 N–H and O–H groups in total. The second-order valence-corrected chi connectivity index (χ2v) is 4.62. The summed E-state index contributed by atoms with van der Waals surface area (Å²) in [6.45, 7) is 5.24. The van der Waals surface area contributed by atoms with Crippen LogP contribution in [0.25, 0.3) is 11.3 Å². The minimum atomic E-state index is -0.865. The fraction of sp³-hybridized carbons (Fsp3) is 0.333. The summed E-state index contributed by atoms with van der Waals surface area (Å²) in [5.41, 5.74) is 1.58. The zero-order chi connectivity index (χ0) is 14.9. The van der Waals surface area contributed by atoms with Crippen molar-refractivity contribution in [3.05, 3.63) is 40.7 Å². The van der Waals surface area contributed by atoms with Gasteiger partial charge in [0.15, 0.2) is 11.6 Å². The Bertz CT molecular complexity index is 654. The molecule has 2 rings (SSSR count). The molecule has 0 bridgehead atoms. The van der Waals surface area contributed by atoms with E-state index in [-0.39, 0.29) is 11.1 Å². The van der Waals surface area contributed by atoms with Crippen molar-refractivity contribution in [3.63, 3.8) is 0 Å². The largest absolute Gasteiger partial charge is 0.373 e. The molecule has 5 heteroatoms. The van der Waals surface area contributed by atoms with Gasteiger partial charge in [-0.25, -0.2) is 18.7 Å². The Morgan fingerprint density at radius 3 is 2.40 bits per heavy atom. The number of benzene rings is 1. The van der Waals surface area contributed by atoms with E-state index in [0.29, 0.717) is 29.3 Å². The van der Waals surface area contributed by atoms with Crippen molar-refractivity contribution >= 4 is 5.82 Å². The van der Waals surface area contributed by atoms with E-state index < -0.39 is 11.6 Å². The Labute approximate surface area is 117 Å². The second-order valence-electron chi connectivity index (χ2n) is 4.62. The van der Waals surface area contributed by atoms with Gasteiger partial charge in [-0.1, -0.05) is 13.0 Å². The van der Waals surface area contributed by atoms with Gasteiger partial charge in [0.25, 0.3) is 0 Å². The van der Waals surface area contributed by atoms with Crippen molar-refractivity contribution in [2.45, 2.75) is 27.2 Å².